The molecule has 0 spiro atoms. The molecule has 0 aromatic carbocycles. The van der Waals surface area contributed by atoms with Crippen molar-refractivity contribution in [3.63, 3.8) is 0 Å². The standard InChI is InChI=1S/C16H16N4O3S/c1-7-5-18-11(6-17-7)16(22)23-9(3)13-19-14(21)12-8(2)10(4)24-15(12)20-13/h5-6,9H,1-4H3,(H,19,20,21)/t9-/m1/s1. The highest BCUT2D eigenvalue weighted by molar-refractivity contribution is 7.18. The molecule has 0 saturated carbocycles. The summed E-state index contributed by atoms with van der Waals surface area (Å²) in [5.41, 5.74) is 1.52. The Labute approximate surface area is 141 Å². The number of aromatic amines is 1. The first-order chi connectivity index (χ1) is 11.4. The maximum Gasteiger partial charge on any atom is 0.359 e. The largest absolute Gasteiger partial charge is 0.450 e. The van der Waals surface area contributed by atoms with E-state index in [-0.39, 0.29) is 11.3 Å². The van der Waals surface area contributed by atoms with E-state index < -0.39 is 12.1 Å². The van der Waals surface area contributed by atoms with Crippen LogP contribution >= 0.6 is 11.3 Å². The minimum absolute atomic E-state index is 0.110. The number of aryl methyl sites for hydroxylation is 3. The fourth-order valence-electron chi connectivity index (χ4n) is 2.24. The molecule has 0 fully saturated rings. The Morgan fingerprint density at radius 1 is 1.25 bits per heavy atom. The Bertz CT molecular complexity index is 975. The van der Waals surface area contributed by atoms with Gasteiger partial charge in [-0.15, -0.1) is 11.3 Å². The first-order valence-electron chi connectivity index (χ1n) is 7.36. The quantitative estimate of drug-likeness (QED) is 0.734. The molecule has 24 heavy (non-hydrogen) atoms. The molecule has 0 radical (unpaired) electrons. The molecule has 7 nitrogen and oxygen atoms in total. The Morgan fingerprint density at radius 3 is 2.67 bits per heavy atom. The van der Waals surface area contributed by atoms with E-state index in [1.54, 1.807) is 13.8 Å². The second kappa shape index (κ2) is 6.12. The number of ether oxygens (including phenoxy) is 1. The third kappa shape index (κ3) is 2.92. The predicted molar refractivity (Wildman–Crippen MR) is 90.3 cm³/mol. The molecule has 1 atom stereocenters. The summed E-state index contributed by atoms with van der Waals surface area (Å²) >= 11 is 1.45. The molecule has 0 amide bonds. The van der Waals surface area contributed by atoms with Crippen LogP contribution in [0.15, 0.2) is 17.2 Å². The summed E-state index contributed by atoms with van der Waals surface area (Å²) in [5.74, 6) is -0.307. The number of carbonyl (C=O) groups excluding carboxylic acids is 1. The number of nitrogens with zero attached hydrogens (tertiary/aromatic N) is 3. The maximum absolute atomic E-state index is 12.3. The summed E-state index contributed by atoms with van der Waals surface area (Å²) in [7, 11) is 0. The molecule has 0 aliphatic carbocycles. The van der Waals surface area contributed by atoms with Gasteiger partial charge in [-0.2, -0.15) is 0 Å². The smallest absolute Gasteiger partial charge is 0.359 e. The van der Waals surface area contributed by atoms with Crippen molar-refractivity contribution in [2.45, 2.75) is 33.8 Å². The second-order valence-corrected chi connectivity index (χ2v) is 6.71. The van der Waals surface area contributed by atoms with Crippen LogP contribution in [0.2, 0.25) is 0 Å². The number of nitrogens with one attached hydrogen (secondary N) is 1. The van der Waals surface area contributed by atoms with Gasteiger partial charge in [0, 0.05) is 11.1 Å². The van der Waals surface area contributed by atoms with Crippen LogP contribution < -0.4 is 5.56 Å². The highest BCUT2D eigenvalue weighted by atomic mass is 32.1. The summed E-state index contributed by atoms with van der Waals surface area (Å²) in [6, 6.07) is 0. The van der Waals surface area contributed by atoms with Crippen LogP contribution in [0.1, 0.15) is 45.5 Å². The lowest BCUT2D eigenvalue weighted by atomic mass is 10.2. The van der Waals surface area contributed by atoms with Crippen molar-refractivity contribution in [3.8, 4) is 0 Å². The van der Waals surface area contributed by atoms with Crippen LogP contribution in [0.3, 0.4) is 0 Å². The Balaban J connectivity index is 1.88. The van der Waals surface area contributed by atoms with Crippen molar-refractivity contribution in [3.05, 3.63) is 50.4 Å². The van der Waals surface area contributed by atoms with Crippen LogP contribution in [-0.2, 0) is 4.74 Å². The van der Waals surface area contributed by atoms with Gasteiger partial charge in [-0.05, 0) is 33.3 Å². The minimum atomic E-state index is -0.708. The van der Waals surface area contributed by atoms with Crippen molar-refractivity contribution >= 4 is 27.5 Å². The van der Waals surface area contributed by atoms with Crippen molar-refractivity contribution in [2.75, 3.05) is 0 Å². The Kier molecular flexibility index (Phi) is 4.15. The van der Waals surface area contributed by atoms with Crippen molar-refractivity contribution in [2.24, 2.45) is 0 Å². The lowest BCUT2D eigenvalue weighted by molar-refractivity contribution is 0.0312. The minimum Gasteiger partial charge on any atom is -0.450 e. The zero-order valence-corrected chi connectivity index (χ0v) is 14.5. The normalized spacial score (nSPS) is 12.3. The average molecular weight is 344 g/mol. The summed E-state index contributed by atoms with van der Waals surface area (Å²) in [4.78, 5) is 41.2. The SMILES string of the molecule is Cc1cnc(C(=O)O[C@H](C)c2nc3sc(C)c(C)c3c(=O)[nH]2)cn1. The molecule has 0 bridgehead atoms. The number of rotatable bonds is 3. The van der Waals surface area contributed by atoms with Crippen LogP contribution in [0, 0.1) is 20.8 Å². The van der Waals surface area contributed by atoms with Gasteiger partial charge in [0.15, 0.2) is 17.6 Å². The highest BCUT2D eigenvalue weighted by Gasteiger charge is 2.19. The summed E-state index contributed by atoms with van der Waals surface area (Å²) in [5, 5.41) is 0.587. The third-order valence-electron chi connectivity index (χ3n) is 3.72. The summed E-state index contributed by atoms with van der Waals surface area (Å²) in [6.45, 7) is 7.27. The number of aromatic nitrogens is 4. The number of fused-ring (bicyclic) bond motifs is 1. The number of hydrogen-bond acceptors (Lipinski definition) is 7. The molecular weight excluding hydrogens is 328 g/mol. The molecule has 1 N–H and O–H groups in total. The molecule has 0 aliphatic heterocycles. The van der Waals surface area contributed by atoms with Gasteiger partial charge < -0.3 is 9.72 Å². The number of thiophene rings is 1. The van der Waals surface area contributed by atoms with Crippen LogP contribution in [0.25, 0.3) is 10.2 Å². The highest BCUT2D eigenvalue weighted by Crippen LogP contribution is 2.27. The van der Waals surface area contributed by atoms with Crippen LogP contribution in [0.5, 0.6) is 0 Å². The van der Waals surface area contributed by atoms with Crippen LogP contribution in [0.4, 0.5) is 0 Å². The van der Waals surface area contributed by atoms with Gasteiger partial charge in [0.2, 0.25) is 0 Å². The van der Waals surface area contributed by atoms with Crippen molar-refractivity contribution < 1.29 is 9.53 Å². The van der Waals surface area contributed by atoms with Gasteiger partial charge in [0.05, 0.1) is 17.3 Å². The van der Waals surface area contributed by atoms with E-state index in [4.69, 9.17) is 4.74 Å². The summed E-state index contributed by atoms with van der Waals surface area (Å²) < 4.78 is 5.33. The zero-order chi connectivity index (χ0) is 17.4. The van der Waals surface area contributed by atoms with E-state index in [1.165, 1.54) is 23.7 Å². The predicted octanol–water partition coefficient (Wildman–Crippen LogP) is 2.62. The number of H-pyrrole nitrogens is 1. The fourth-order valence-corrected chi connectivity index (χ4v) is 3.28. The van der Waals surface area contributed by atoms with Gasteiger partial charge in [-0.25, -0.2) is 14.8 Å². The monoisotopic (exact) mass is 344 g/mol. The van der Waals surface area contributed by atoms with Crippen molar-refractivity contribution in [1.82, 2.24) is 19.9 Å². The van der Waals surface area contributed by atoms with Gasteiger partial charge in [-0.1, -0.05) is 0 Å². The first-order valence-corrected chi connectivity index (χ1v) is 8.18. The number of carbonyl (C=O) groups is 1. The molecule has 3 rings (SSSR count). The third-order valence-corrected chi connectivity index (χ3v) is 4.82. The molecule has 3 aromatic heterocycles. The van der Waals surface area contributed by atoms with Crippen LogP contribution in [-0.4, -0.2) is 25.9 Å². The molecule has 3 heterocycles. The molecule has 8 heteroatoms. The Morgan fingerprint density at radius 2 is 2.00 bits per heavy atom. The van der Waals surface area contributed by atoms with E-state index in [0.717, 1.165) is 10.4 Å². The van der Waals surface area contributed by atoms with E-state index in [0.29, 0.717) is 21.7 Å². The van der Waals surface area contributed by atoms with E-state index in [1.807, 2.05) is 13.8 Å². The molecular formula is C16H16N4O3S. The first kappa shape index (κ1) is 16.3. The lowest BCUT2D eigenvalue weighted by Gasteiger charge is -2.12. The molecule has 3 aromatic rings. The number of esters is 1. The van der Waals surface area contributed by atoms with E-state index in [9.17, 15) is 9.59 Å². The number of hydrogen-bond donors (Lipinski definition) is 1. The van der Waals surface area contributed by atoms with E-state index in [2.05, 4.69) is 19.9 Å². The summed E-state index contributed by atoms with van der Waals surface area (Å²) in [6.07, 6.45) is 2.14. The molecule has 0 saturated heterocycles. The molecule has 124 valence electrons. The molecule has 0 aliphatic rings. The molecule has 0 unspecified atom stereocenters. The average Bonchev–Trinajstić information content (AvgIpc) is 2.82. The van der Waals surface area contributed by atoms with Gasteiger partial charge in [0.25, 0.3) is 5.56 Å². The van der Waals surface area contributed by atoms with Gasteiger partial charge in [-0.3, -0.25) is 9.78 Å². The second-order valence-electron chi connectivity index (χ2n) is 5.51. The maximum atomic E-state index is 12.3. The lowest BCUT2D eigenvalue weighted by Crippen LogP contribution is -2.18. The van der Waals surface area contributed by atoms with Gasteiger partial charge in [0.1, 0.15) is 4.83 Å². The Hall–Kier alpha value is -2.61. The topological polar surface area (TPSA) is 97.8 Å². The van der Waals surface area contributed by atoms with E-state index >= 15 is 0 Å². The van der Waals surface area contributed by atoms with Gasteiger partial charge >= 0.3 is 5.97 Å². The zero-order valence-electron chi connectivity index (χ0n) is 13.7. The van der Waals surface area contributed by atoms with Crippen molar-refractivity contribution in [1.29, 1.82) is 0 Å². The fraction of sp³-hybridized carbons (Fsp3) is 0.312.